The Kier molecular flexibility index (Phi) is 2.76. The summed E-state index contributed by atoms with van der Waals surface area (Å²) < 4.78 is 10.3. The van der Waals surface area contributed by atoms with Gasteiger partial charge in [0.05, 0.1) is 13.7 Å². The Bertz CT molecular complexity index is 441. The largest absolute Gasteiger partial charge is 0.497 e. The molecule has 0 aromatic heterocycles. The highest BCUT2D eigenvalue weighted by atomic mass is 16.5. The van der Waals surface area contributed by atoms with Gasteiger partial charge in [-0.05, 0) is 17.7 Å². The van der Waals surface area contributed by atoms with Gasteiger partial charge in [0.1, 0.15) is 11.9 Å². The van der Waals surface area contributed by atoms with Gasteiger partial charge in [0.15, 0.2) is 0 Å². The first-order valence-corrected chi connectivity index (χ1v) is 4.79. The molecule has 1 aliphatic heterocycles. The molecule has 1 heterocycles. The maximum absolute atomic E-state index is 10.6. The van der Waals surface area contributed by atoms with Crippen LogP contribution >= 0.6 is 0 Å². The number of rotatable bonds is 3. The van der Waals surface area contributed by atoms with Gasteiger partial charge in [0, 0.05) is 0 Å². The first kappa shape index (κ1) is 10.5. The van der Waals surface area contributed by atoms with Crippen molar-refractivity contribution in [3.05, 3.63) is 29.8 Å². The number of nitrogens with zero attached hydrogens (tertiary/aromatic N) is 1. The molecular formula is C11H11NO4. The van der Waals surface area contributed by atoms with Gasteiger partial charge in [-0.2, -0.15) is 0 Å². The second-order valence-electron chi connectivity index (χ2n) is 3.33. The summed E-state index contributed by atoms with van der Waals surface area (Å²) >= 11 is 0. The molecule has 0 fully saturated rings. The van der Waals surface area contributed by atoms with Gasteiger partial charge in [-0.25, -0.2) is 9.79 Å². The van der Waals surface area contributed by atoms with Gasteiger partial charge >= 0.3 is 5.97 Å². The maximum Gasteiger partial charge on any atom is 0.391 e. The number of carboxylic acids is 1. The second-order valence-corrected chi connectivity index (χ2v) is 3.33. The minimum atomic E-state index is -1.13. The molecule has 0 spiro atoms. The SMILES string of the molecule is COc1cccc(C2CN=C(C(=O)O)O2)c1. The molecule has 2 rings (SSSR count). The standard InChI is InChI=1S/C11H11NO4/c1-15-8-4-2-3-7(5-8)9-6-12-10(16-9)11(13)14/h2-5,9H,6H2,1H3,(H,13,14). The lowest BCUT2D eigenvalue weighted by Crippen LogP contribution is -2.14. The van der Waals surface area contributed by atoms with Crippen molar-refractivity contribution in [1.82, 2.24) is 0 Å². The van der Waals surface area contributed by atoms with Crippen LogP contribution in [0.15, 0.2) is 29.3 Å². The number of carbonyl (C=O) groups is 1. The summed E-state index contributed by atoms with van der Waals surface area (Å²) in [4.78, 5) is 14.4. The fraction of sp³-hybridized carbons (Fsp3) is 0.273. The van der Waals surface area contributed by atoms with E-state index in [9.17, 15) is 4.79 Å². The Morgan fingerprint density at radius 3 is 3.06 bits per heavy atom. The van der Waals surface area contributed by atoms with Crippen LogP contribution in [0.4, 0.5) is 0 Å². The normalized spacial score (nSPS) is 18.8. The van der Waals surface area contributed by atoms with Crippen molar-refractivity contribution in [2.75, 3.05) is 13.7 Å². The first-order valence-electron chi connectivity index (χ1n) is 4.79. The van der Waals surface area contributed by atoms with Crippen LogP contribution in [0.2, 0.25) is 0 Å². The van der Waals surface area contributed by atoms with Gasteiger partial charge in [-0.15, -0.1) is 0 Å². The van der Waals surface area contributed by atoms with E-state index in [0.29, 0.717) is 12.3 Å². The number of carboxylic acid groups (broad SMARTS) is 1. The fourth-order valence-electron chi connectivity index (χ4n) is 1.51. The molecule has 0 amide bonds. The summed E-state index contributed by atoms with van der Waals surface area (Å²) in [6, 6.07) is 7.31. The van der Waals surface area contributed by atoms with E-state index < -0.39 is 5.97 Å². The molecule has 16 heavy (non-hydrogen) atoms. The van der Waals surface area contributed by atoms with E-state index in [1.165, 1.54) is 0 Å². The minimum Gasteiger partial charge on any atom is -0.497 e. The molecule has 1 aromatic rings. The van der Waals surface area contributed by atoms with E-state index in [-0.39, 0.29) is 12.0 Å². The number of aliphatic imine (C=N–C) groups is 1. The number of aliphatic carboxylic acids is 1. The number of hydrogen-bond acceptors (Lipinski definition) is 4. The van der Waals surface area contributed by atoms with Crippen molar-refractivity contribution in [3.8, 4) is 5.75 Å². The van der Waals surface area contributed by atoms with E-state index >= 15 is 0 Å². The van der Waals surface area contributed by atoms with Crippen LogP contribution in [0.25, 0.3) is 0 Å². The van der Waals surface area contributed by atoms with Crippen LogP contribution in [0.5, 0.6) is 5.75 Å². The summed E-state index contributed by atoms with van der Waals surface area (Å²) in [7, 11) is 1.58. The van der Waals surface area contributed by atoms with Crippen LogP contribution < -0.4 is 4.74 Å². The molecule has 0 saturated carbocycles. The van der Waals surface area contributed by atoms with Crippen LogP contribution in [-0.2, 0) is 9.53 Å². The Morgan fingerprint density at radius 2 is 2.44 bits per heavy atom. The van der Waals surface area contributed by atoms with Crippen molar-refractivity contribution in [1.29, 1.82) is 0 Å². The third-order valence-corrected chi connectivity index (χ3v) is 2.30. The molecule has 5 heteroatoms. The Morgan fingerprint density at radius 1 is 1.62 bits per heavy atom. The smallest absolute Gasteiger partial charge is 0.391 e. The zero-order chi connectivity index (χ0) is 11.5. The number of methoxy groups -OCH3 is 1. The molecule has 84 valence electrons. The van der Waals surface area contributed by atoms with Crippen molar-refractivity contribution >= 4 is 11.9 Å². The Labute approximate surface area is 92.3 Å². The van der Waals surface area contributed by atoms with Crippen LogP contribution in [0.1, 0.15) is 11.7 Å². The topological polar surface area (TPSA) is 68.1 Å². The summed E-state index contributed by atoms with van der Waals surface area (Å²) in [5.74, 6) is -0.650. The quantitative estimate of drug-likeness (QED) is 0.834. The average Bonchev–Trinajstić information content (AvgIpc) is 2.78. The highest BCUT2D eigenvalue weighted by Crippen LogP contribution is 2.25. The number of hydrogen-bond donors (Lipinski definition) is 1. The monoisotopic (exact) mass is 221 g/mol. The molecule has 1 unspecified atom stereocenters. The Hall–Kier alpha value is -2.04. The highest BCUT2D eigenvalue weighted by molar-refractivity contribution is 6.32. The van der Waals surface area contributed by atoms with E-state index in [1.807, 2.05) is 24.3 Å². The average molecular weight is 221 g/mol. The predicted molar refractivity (Wildman–Crippen MR) is 56.8 cm³/mol. The lowest BCUT2D eigenvalue weighted by molar-refractivity contribution is -0.131. The minimum absolute atomic E-state index is 0.229. The van der Waals surface area contributed by atoms with Gasteiger partial charge in [-0.1, -0.05) is 12.1 Å². The van der Waals surface area contributed by atoms with E-state index in [0.717, 1.165) is 5.56 Å². The lowest BCUT2D eigenvalue weighted by Gasteiger charge is -2.11. The zero-order valence-corrected chi connectivity index (χ0v) is 8.71. The number of benzene rings is 1. The van der Waals surface area contributed by atoms with Crippen molar-refractivity contribution in [3.63, 3.8) is 0 Å². The summed E-state index contributed by atoms with van der Waals surface area (Å²) in [5.41, 5.74) is 0.861. The molecule has 0 aliphatic carbocycles. The zero-order valence-electron chi connectivity index (χ0n) is 8.71. The van der Waals surface area contributed by atoms with E-state index in [4.69, 9.17) is 14.6 Å². The second kappa shape index (κ2) is 4.22. The molecule has 1 aliphatic rings. The van der Waals surface area contributed by atoms with E-state index in [2.05, 4.69) is 4.99 Å². The van der Waals surface area contributed by atoms with Crippen LogP contribution in [-0.4, -0.2) is 30.6 Å². The maximum atomic E-state index is 10.6. The molecule has 1 atom stereocenters. The highest BCUT2D eigenvalue weighted by Gasteiger charge is 2.26. The predicted octanol–water partition coefficient (Wildman–Crippen LogP) is 1.25. The van der Waals surface area contributed by atoms with Gasteiger partial charge in [0.2, 0.25) is 0 Å². The van der Waals surface area contributed by atoms with E-state index in [1.54, 1.807) is 7.11 Å². The van der Waals surface area contributed by atoms with Gasteiger partial charge in [-0.3, -0.25) is 0 Å². The molecule has 0 saturated heterocycles. The summed E-state index contributed by atoms with van der Waals surface area (Å²) in [5, 5.41) is 8.70. The molecule has 5 nitrogen and oxygen atoms in total. The summed E-state index contributed by atoms with van der Waals surface area (Å²) in [6.45, 7) is 0.328. The van der Waals surface area contributed by atoms with Crippen molar-refractivity contribution < 1.29 is 19.4 Å². The molecule has 0 radical (unpaired) electrons. The lowest BCUT2D eigenvalue weighted by atomic mass is 10.1. The molecule has 1 N–H and O–H groups in total. The van der Waals surface area contributed by atoms with Crippen LogP contribution in [0.3, 0.4) is 0 Å². The van der Waals surface area contributed by atoms with Gasteiger partial charge < -0.3 is 14.6 Å². The summed E-state index contributed by atoms with van der Waals surface area (Å²) in [6.07, 6.45) is -0.332. The number of ether oxygens (including phenoxy) is 2. The van der Waals surface area contributed by atoms with Crippen LogP contribution in [0, 0.1) is 0 Å². The van der Waals surface area contributed by atoms with Gasteiger partial charge in [0.25, 0.3) is 5.90 Å². The molecular weight excluding hydrogens is 210 g/mol. The third-order valence-electron chi connectivity index (χ3n) is 2.30. The first-order chi connectivity index (χ1) is 7.70. The molecule has 1 aromatic carbocycles. The Balaban J connectivity index is 2.13. The third kappa shape index (κ3) is 1.98. The fourth-order valence-corrected chi connectivity index (χ4v) is 1.51. The molecule has 0 bridgehead atoms. The van der Waals surface area contributed by atoms with Crippen molar-refractivity contribution in [2.45, 2.75) is 6.10 Å². The van der Waals surface area contributed by atoms with Crippen molar-refractivity contribution in [2.24, 2.45) is 4.99 Å².